The highest BCUT2D eigenvalue weighted by Gasteiger charge is 2.05. The second-order valence-corrected chi connectivity index (χ2v) is 3.75. The largest absolute Gasteiger partial charge is 0.399 e. The second kappa shape index (κ2) is 6.89. The topological polar surface area (TPSA) is 26.0 Å². The summed E-state index contributed by atoms with van der Waals surface area (Å²) >= 11 is 0. The van der Waals surface area contributed by atoms with Gasteiger partial charge in [0.05, 0.1) is 0 Å². The van der Waals surface area contributed by atoms with Crippen molar-refractivity contribution in [2.24, 2.45) is 5.73 Å². The molecule has 0 bridgehead atoms. The summed E-state index contributed by atoms with van der Waals surface area (Å²) in [6.07, 6.45) is 7.23. The van der Waals surface area contributed by atoms with Gasteiger partial charge in [0.2, 0.25) is 0 Å². The van der Waals surface area contributed by atoms with Gasteiger partial charge < -0.3 is 5.73 Å². The minimum atomic E-state index is 0.568. The maximum atomic E-state index is 5.72. The summed E-state index contributed by atoms with van der Waals surface area (Å²) in [7, 11) is 0. The van der Waals surface area contributed by atoms with Crippen molar-refractivity contribution < 1.29 is 0 Å². The van der Waals surface area contributed by atoms with Crippen molar-refractivity contribution in [2.45, 2.75) is 34.1 Å². The van der Waals surface area contributed by atoms with E-state index in [4.69, 9.17) is 5.73 Å². The average molecular weight is 217 g/mol. The van der Waals surface area contributed by atoms with E-state index in [1.54, 1.807) is 0 Å². The van der Waals surface area contributed by atoms with Gasteiger partial charge in [0.15, 0.2) is 0 Å². The van der Waals surface area contributed by atoms with Gasteiger partial charge >= 0.3 is 0 Å². The lowest BCUT2D eigenvalue weighted by Crippen LogP contribution is -2.02. The maximum Gasteiger partial charge on any atom is 0.0317 e. The first-order valence-corrected chi connectivity index (χ1v) is 5.62. The van der Waals surface area contributed by atoms with Gasteiger partial charge in [-0.15, -0.1) is 0 Å². The van der Waals surface area contributed by atoms with Gasteiger partial charge in [-0.3, -0.25) is 0 Å². The Labute approximate surface area is 99.7 Å². The summed E-state index contributed by atoms with van der Waals surface area (Å²) in [6.45, 7) is 16.0. The van der Waals surface area contributed by atoms with E-state index >= 15 is 0 Å². The molecular formula is C15H23N. The van der Waals surface area contributed by atoms with E-state index < -0.39 is 0 Å². The lowest BCUT2D eigenvalue weighted by Gasteiger charge is -2.11. The third-order valence-electron chi connectivity index (χ3n) is 2.62. The van der Waals surface area contributed by atoms with Gasteiger partial charge in [0, 0.05) is 5.70 Å². The van der Waals surface area contributed by atoms with Crippen molar-refractivity contribution >= 4 is 0 Å². The van der Waals surface area contributed by atoms with Gasteiger partial charge in [0.1, 0.15) is 0 Å². The molecule has 0 amide bonds. The molecule has 88 valence electrons. The fourth-order valence-corrected chi connectivity index (χ4v) is 1.52. The molecule has 0 unspecified atom stereocenters. The number of hydrogen-bond acceptors (Lipinski definition) is 1. The van der Waals surface area contributed by atoms with E-state index in [1.807, 2.05) is 26.8 Å². The second-order valence-electron chi connectivity index (χ2n) is 3.75. The molecule has 0 saturated heterocycles. The average Bonchev–Trinajstić information content (AvgIpc) is 2.25. The van der Waals surface area contributed by atoms with Crippen LogP contribution in [0.15, 0.2) is 59.4 Å². The lowest BCUT2D eigenvalue weighted by molar-refractivity contribution is 1.13. The van der Waals surface area contributed by atoms with Crippen LogP contribution in [0, 0.1) is 0 Å². The van der Waals surface area contributed by atoms with Crippen molar-refractivity contribution in [1.29, 1.82) is 0 Å². The number of allylic oxidation sites excluding steroid dienone is 6. The third kappa shape index (κ3) is 3.93. The Morgan fingerprint density at radius 3 is 2.06 bits per heavy atom. The summed E-state index contributed by atoms with van der Waals surface area (Å²) < 4.78 is 0. The van der Waals surface area contributed by atoms with Gasteiger partial charge in [-0.25, -0.2) is 0 Å². The van der Waals surface area contributed by atoms with E-state index in [9.17, 15) is 0 Å². The maximum absolute atomic E-state index is 5.72. The molecule has 0 aliphatic carbocycles. The van der Waals surface area contributed by atoms with Crippen LogP contribution in [0.1, 0.15) is 34.1 Å². The van der Waals surface area contributed by atoms with Gasteiger partial charge in [-0.2, -0.15) is 0 Å². The van der Waals surface area contributed by atoms with E-state index in [-0.39, 0.29) is 0 Å². The molecule has 0 fully saturated rings. The smallest absolute Gasteiger partial charge is 0.0317 e. The first-order valence-electron chi connectivity index (χ1n) is 5.62. The van der Waals surface area contributed by atoms with E-state index in [2.05, 4.69) is 32.2 Å². The Hall–Kier alpha value is -1.50. The summed E-state index contributed by atoms with van der Waals surface area (Å²) in [4.78, 5) is 0. The molecule has 0 atom stereocenters. The molecule has 0 spiro atoms. The Morgan fingerprint density at radius 1 is 1.19 bits per heavy atom. The fraction of sp³-hybridized carbons (Fsp3) is 0.333. The summed E-state index contributed by atoms with van der Waals surface area (Å²) in [5.41, 5.74) is 10.6. The number of rotatable bonds is 5. The molecule has 0 aliphatic heterocycles. The highest BCUT2D eigenvalue weighted by Crippen LogP contribution is 2.22. The van der Waals surface area contributed by atoms with Crippen LogP contribution in [-0.2, 0) is 0 Å². The lowest BCUT2D eigenvalue weighted by atomic mass is 9.96. The molecule has 16 heavy (non-hydrogen) atoms. The zero-order valence-electron chi connectivity index (χ0n) is 10.9. The number of hydrogen-bond donors (Lipinski definition) is 1. The summed E-state index contributed by atoms with van der Waals surface area (Å²) in [5.74, 6) is 0. The van der Waals surface area contributed by atoms with Crippen LogP contribution in [0.5, 0.6) is 0 Å². The van der Waals surface area contributed by atoms with Crippen LogP contribution in [0.4, 0.5) is 0 Å². The molecule has 0 aromatic heterocycles. The van der Waals surface area contributed by atoms with E-state index in [0.717, 1.165) is 23.1 Å². The first-order chi connectivity index (χ1) is 7.47. The molecule has 1 nitrogen and oxygen atoms in total. The predicted molar refractivity (Wildman–Crippen MR) is 74.0 cm³/mol. The molecule has 0 rings (SSSR count). The van der Waals surface area contributed by atoms with Gasteiger partial charge in [0.25, 0.3) is 0 Å². The zero-order valence-corrected chi connectivity index (χ0v) is 10.9. The molecule has 0 radical (unpaired) electrons. The third-order valence-corrected chi connectivity index (χ3v) is 2.62. The van der Waals surface area contributed by atoms with Crippen molar-refractivity contribution in [3.63, 3.8) is 0 Å². The molecule has 0 aromatic rings. The molecule has 1 heteroatoms. The zero-order chi connectivity index (χ0) is 12.7. The minimum Gasteiger partial charge on any atom is -0.399 e. The van der Waals surface area contributed by atoms with Gasteiger partial charge in [-0.1, -0.05) is 43.9 Å². The molecule has 0 heterocycles. The Kier molecular flexibility index (Phi) is 6.24. The van der Waals surface area contributed by atoms with Crippen LogP contribution >= 0.6 is 0 Å². The molecule has 0 aromatic carbocycles. The first kappa shape index (κ1) is 14.5. The monoisotopic (exact) mass is 217 g/mol. The minimum absolute atomic E-state index is 0.568. The van der Waals surface area contributed by atoms with E-state index in [1.165, 1.54) is 5.57 Å². The van der Waals surface area contributed by atoms with Crippen LogP contribution < -0.4 is 5.73 Å². The Bertz CT molecular complexity index is 365. The molecule has 0 aliphatic rings. The molecule has 2 N–H and O–H groups in total. The van der Waals surface area contributed by atoms with E-state index in [0.29, 0.717) is 5.70 Å². The summed E-state index contributed by atoms with van der Waals surface area (Å²) in [5, 5.41) is 0. The van der Waals surface area contributed by atoms with Gasteiger partial charge in [-0.05, 0) is 43.9 Å². The SMILES string of the molecule is C=C(N)/C(=C/C)C(=C)/C(C)=C\C(=C/C)CC. The van der Waals surface area contributed by atoms with Crippen molar-refractivity contribution in [3.8, 4) is 0 Å². The highest BCUT2D eigenvalue weighted by molar-refractivity contribution is 5.53. The fourth-order valence-electron chi connectivity index (χ4n) is 1.52. The Morgan fingerprint density at radius 2 is 1.75 bits per heavy atom. The Balaban J connectivity index is 5.08. The van der Waals surface area contributed by atoms with Crippen molar-refractivity contribution in [2.75, 3.05) is 0 Å². The van der Waals surface area contributed by atoms with Crippen LogP contribution in [-0.4, -0.2) is 0 Å². The van der Waals surface area contributed by atoms with Crippen LogP contribution in [0.2, 0.25) is 0 Å². The highest BCUT2D eigenvalue weighted by atomic mass is 14.6. The molecule has 0 saturated carbocycles. The van der Waals surface area contributed by atoms with Crippen molar-refractivity contribution in [3.05, 3.63) is 59.4 Å². The van der Waals surface area contributed by atoms with Crippen molar-refractivity contribution in [1.82, 2.24) is 0 Å². The quantitative estimate of drug-likeness (QED) is 0.684. The van der Waals surface area contributed by atoms with Crippen LogP contribution in [0.25, 0.3) is 0 Å². The normalized spacial score (nSPS) is 13.9. The number of nitrogens with two attached hydrogens (primary N) is 1. The summed E-state index contributed by atoms with van der Waals surface area (Å²) in [6, 6.07) is 0. The molecular weight excluding hydrogens is 194 g/mol. The predicted octanol–water partition coefficient (Wildman–Crippen LogP) is 4.26. The standard InChI is InChI=1S/C15H23N/c1-7-14(8-2)10-11(4)12(5)15(9-3)13(6)16/h7,9-10H,5-6,8,16H2,1-4H3/b11-10-,14-7-,15-9+. The van der Waals surface area contributed by atoms with Crippen LogP contribution in [0.3, 0.4) is 0 Å².